The quantitative estimate of drug-likeness (QED) is 0.313. The summed E-state index contributed by atoms with van der Waals surface area (Å²) in [6.07, 6.45) is 8.32. The van der Waals surface area contributed by atoms with Crippen LogP contribution in [-0.4, -0.2) is 46.5 Å². The third-order valence-corrected chi connectivity index (χ3v) is 7.23. The first kappa shape index (κ1) is 28.3. The Morgan fingerprint density at radius 2 is 1.85 bits per heavy atom. The third-order valence-electron chi connectivity index (χ3n) is 7.23. The number of hydrogen-bond donors (Lipinski definition) is 3. The van der Waals surface area contributed by atoms with Crippen LogP contribution < -0.4 is 19.7 Å². The number of carbonyl (C=O) groups is 1. The molecule has 3 N–H and O–H groups in total. The average molecular weight is 560 g/mol. The van der Waals surface area contributed by atoms with E-state index in [1.165, 1.54) is 13.0 Å². The van der Waals surface area contributed by atoms with Gasteiger partial charge >= 0.3 is 0 Å². The maximum Gasteiger partial charge on any atom is 0.231 e. The number of piperidine rings is 1. The zero-order valence-electron chi connectivity index (χ0n) is 22.9. The van der Waals surface area contributed by atoms with E-state index in [2.05, 4.69) is 10.3 Å². The molecule has 2 heterocycles. The SMILES string of the molecule is CC(O)(O)c1cccc(OCC2(F)CCN(c3ccc(NC(=O)C4C=C(Oc5ccccc5)C=CC4)cn3)CC2)c1. The fraction of sp³-hybridized carbons (Fsp3) is 0.312. The van der Waals surface area contributed by atoms with Gasteiger partial charge in [-0.05, 0) is 61.9 Å². The number of halogens is 1. The van der Waals surface area contributed by atoms with Crippen LogP contribution >= 0.6 is 0 Å². The molecule has 1 atom stereocenters. The number of amides is 1. The molecule has 0 bridgehead atoms. The molecule has 0 radical (unpaired) electrons. The van der Waals surface area contributed by atoms with Crippen molar-refractivity contribution in [1.29, 1.82) is 0 Å². The van der Waals surface area contributed by atoms with Crippen LogP contribution in [0.2, 0.25) is 0 Å². The first-order chi connectivity index (χ1) is 19.7. The molecule has 2 aromatic carbocycles. The van der Waals surface area contributed by atoms with Gasteiger partial charge in [0.15, 0.2) is 5.79 Å². The van der Waals surface area contributed by atoms with E-state index in [1.807, 2.05) is 59.5 Å². The van der Waals surface area contributed by atoms with E-state index < -0.39 is 11.5 Å². The molecule has 1 amide bonds. The summed E-state index contributed by atoms with van der Waals surface area (Å²) in [6.45, 7) is 2.07. The lowest BCUT2D eigenvalue weighted by molar-refractivity contribution is -0.152. The predicted molar refractivity (Wildman–Crippen MR) is 154 cm³/mol. The van der Waals surface area contributed by atoms with Crippen molar-refractivity contribution in [1.82, 2.24) is 4.98 Å². The largest absolute Gasteiger partial charge is 0.490 e. The molecule has 8 nitrogen and oxygen atoms in total. The molecule has 1 saturated heterocycles. The van der Waals surface area contributed by atoms with Crippen LogP contribution in [0.4, 0.5) is 15.9 Å². The number of hydrogen-bond acceptors (Lipinski definition) is 7. The number of nitrogens with one attached hydrogen (secondary N) is 1. The number of carbonyl (C=O) groups excluding carboxylic acids is 1. The molecular weight excluding hydrogens is 525 g/mol. The number of aromatic nitrogens is 1. The van der Waals surface area contributed by atoms with Gasteiger partial charge in [0.1, 0.15) is 35.4 Å². The molecule has 1 aliphatic carbocycles. The molecule has 1 unspecified atom stereocenters. The smallest absolute Gasteiger partial charge is 0.231 e. The number of allylic oxidation sites excluding steroid dienone is 2. The number of benzene rings is 2. The number of ether oxygens (including phenoxy) is 2. The van der Waals surface area contributed by atoms with Gasteiger partial charge in [0.2, 0.25) is 5.91 Å². The van der Waals surface area contributed by atoms with Gasteiger partial charge in [-0.15, -0.1) is 0 Å². The summed E-state index contributed by atoms with van der Waals surface area (Å²) < 4.78 is 27.0. The Morgan fingerprint density at radius 1 is 1.10 bits per heavy atom. The van der Waals surface area contributed by atoms with Crippen molar-refractivity contribution in [2.75, 3.05) is 29.9 Å². The number of para-hydroxylation sites is 1. The molecule has 2 aliphatic rings. The molecule has 214 valence electrons. The topological polar surface area (TPSA) is 104 Å². The molecule has 0 saturated carbocycles. The Bertz CT molecular complexity index is 1390. The summed E-state index contributed by atoms with van der Waals surface area (Å²) >= 11 is 0. The predicted octanol–water partition coefficient (Wildman–Crippen LogP) is 5.10. The average Bonchev–Trinajstić information content (AvgIpc) is 2.97. The van der Waals surface area contributed by atoms with Crippen LogP contribution in [-0.2, 0) is 10.6 Å². The normalized spacial score (nSPS) is 18.4. The molecule has 3 aromatic rings. The van der Waals surface area contributed by atoms with Crippen LogP contribution in [0.5, 0.6) is 11.5 Å². The monoisotopic (exact) mass is 559 g/mol. The van der Waals surface area contributed by atoms with Crippen molar-refractivity contribution in [2.24, 2.45) is 5.92 Å². The lowest BCUT2D eigenvalue weighted by atomic mass is 9.94. The molecule has 9 heteroatoms. The van der Waals surface area contributed by atoms with Crippen LogP contribution in [0.3, 0.4) is 0 Å². The highest BCUT2D eigenvalue weighted by atomic mass is 19.1. The van der Waals surface area contributed by atoms with Crippen LogP contribution in [0.15, 0.2) is 96.9 Å². The molecule has 1 aromatic heterocycles. The number of pyridine rings is 1. The minimum absolute atomic E-state index is 0.126. The number of aliphatic hydroxyl groups is 2. The van der Waals surface area contributed by atoms with Crippen molar-refractivity contribution < 1.29 is 28.9 Å². The van der Waals surface area contributed by atoms with E-state index in [4.69, 9.17) is 9.47 Å². The number of anilines is 2. The first-order valence-corrected chi connectivity index (χ1v) is 13.7. The summed E-state index contributed by atoms with van der Waals surface area (Å²) in [7, 11) is 0. The second-order valence-corrected chi connectivity index (χ2v) is 10.6. The number of nitrogens with zero attached hydrogens (tertiary/aromatic N) is 2. The molecule has 41 heavy (non-hydrogen) atoms. The molecule has 1 fully saturated rings. The van der Waals surface area contributed by atoms with Crippen molar-refractivity contribution in [3.63, 3.8) is 0 Å². The lowest BCUT2D eigenvalue weighted by Crippen LogP contribution is -2.45. The van der Waals surface area contributed by atoms with E-state index in [1.54, 1.807) is 30.5 Å². The van der Waals surface area contributed by atoms with Gasteiger partial charge in [-0.1, -0.05) is 36.4 Å². The van der Waals surface area contributed by atoms with E-state index in [0.717, 1.165) is 0 Å². The Kier molecular flexibility index (Phi) is 8.37. The maximum absolute atomic E-state index is 15.5. The van der Waals surface area contributed by atoms with Crippen LogP contribution in [0, 0.1) is 5.92 Å². The van der Waals surface area contributed by atoms with Gasteiger partial charge in [0, 0.05) is 31.5 Å². The standard InChI is InChI=1S/C32H34FN3O5/c1-31(38,39)24-8-6-11-27(20-24)40-22-32(33)15-17-36(18-16-32)29-14-13-25(21-34-29)35-30(37)23-7-5-12-28(19-23)41-26-9-3-2-4-10-26/h2-6,8-14,19-21,23,38-39H,7,15-18,22H2,1H3,(H,35,37). The van der Waals surface area contributed by atoms with Gasteiger partial charge in [-0.3, -0.25) is 4.79 Å². The Hall–Kier alpha value is -4.21. The molecule has 5 rings (SSSR count). The minimum atomic E-state index is -1.99. The highest BCUT2D eigenvalue weighted by Gasteiger charge is 2.36. The highest BCUT2D eigenvalue weighted by molar-refractivity contribution is 5.94. The summed E-state index contributed by atoms with van der Waals surface area (Å²) in [5, 5.41) is 22.5. The summed E-state index contributed by atoms with van der Waals surface area (Å²) in [6, 6.07) is 19.4. The van der Waals surface area contributed by atoms with Crippen molar-refractivity contribution in [3.05, 3.63) is 102 Å². The van der Waals surface area contributed by atoms with Crippen molar-refractivity contribution in [3.8, 4) is 11.5 Å². The van der Waals surface area contributed by atoms with Crippen LogP contribution in [0.1, 0.15) is 31.7 Å². The Labute approximate surface area is 238 Å². The van der Waals surface area contributed by atoms with Crippen molar-refractivity contribution in [2.45, 2.75) is 37.6 Å². The number of alkyl halides is 1. The summed E-state index contributed by atoms with van der Waals surface area (Å²) in [4.78, 5) is 19.4. The van der Waals surface area contributed by atoms with Gasteiger partial charge < -0.3 is 29.9 Å². The van der Waals surface area contributed by atoms with E-state index in [-0.39, 0.29) is 36.8 Å². The van der Waals surface area contributed by atoms with Gasteiger partial charge in [0.05, 0.1) is 17.8 Å². The maximum atomic E-state index is 15.5. The molecule has 1 aliphatic heterocycles. The van der Waals surface area contributed by atoms with E-state index >= 15 is 4.39 Å². The fourth-order valence-electron chi connectivity index (χ4n) is 4.78. The molecular formula is C32H34FN3O5. The van der Waals surface area contributed by atoms with Gasteiger partial charge in [-0.2, -0.15) is 0 Å². The second-order valence-electron chi connectivity index (χ2n) is 10.6. The highest BCUT2D eigenvalue weighted by Crippen LogP contribution is 2.31. The van der Waals surface area contributed by atoms with E-state index in [9.17, 15) is 15.0 Å². The van der Waals surface area contributed by atoms with Crippen LogP contribution in [0.25, 0.3) is 0 Å². The first-order valence-electron chi connectivity index (χ1n) is 13.7. The lowest BCUT2D eigenvalue weighted by Gasteiger charge is -2.36. The van der Waals surface area contributed by atoms with E-state index in [0.29, 0.717) is 48.3 Å². The zero-order valence-corrected chi connectivity index (χ0v) is 22.9. The van der Waals surface area contributed by atoms with Crippen molar-refractivity contribution >= 4 is 17.4 Å². The van der Waals surface area contributed by atoms with Gasteiger partial charge in [0.25, 0.3) is 0 Å². The zero-order chi connectivity index (χ0) is 28.9. The number of rotatable bonds is 9. The third kappa shape index (κ3) is 7.50. The van der Waals surface area contributed by atoms with Gasteiger partial charge in [-0.25, -0.2) is 9.37 Å². The minimum Gasteiger partial charge on any atom is -0.490 e. The summed E-state index contributed by atoms with van der Waals surface area (Å²) in [5.41, 5.74) is -0.647. The second kappa shape index (κ2) is 12.1. The fourth-order valence-corrected chi connectivity index (χ4v) is 4.78. The summed E-state index contributed by atoms with van der Waals surface area (Å²) in [5.74, 6) is -0.0663. The Morgan fingerprint density at radius 3 is 2.56 bits per heavy atom. The Balaban J connectivity index is 1.11. The molecule has 0 spiro atoms.